The fraction of sp³-hybridized carbons (Fsp3) is 0.471. The summed E-state index contributed by atoms with van der Waals surface area (Å²) < 4.78 is 10.5. The average molecular weight is 302 g/mol. The van der Waals surface area contributed by atoms with Gasteiger partial charge in [0.05, 0.1) is 0 Å². The fourth-order valence-electron chi connectivity index (χ4n) is 1.89. The molecule has 0 bridgehead atoms. The Balaban J connectivity index is 1.80. The van der Waals surface area contributed by atoms with Crippen LogP contribution in [0.25, 0.3) is 0 Å². The molecule has 0 fully saturated rings. The second kappa shape index (κ2) is 6.73. The van der Waals surface area contributed by atoms with E-state index in [0.29, 0.717) is 36.7 Å². The maximum Gasteiger partial charge on any atom is 0.311 e. The average Bonchev–Trinajstić information content (AvgIpc) is 2.90. The molecule has 0 aliphatic rings. The van der Waals surface area contributed by atoms with Crippen molar-refractivity contribution in [1.29, 1.82) is 0 Å². The summed E-state index contributed by atoms with van der Waals surface area (Å²) in [5, 5.41) is 3.96. The molecule has 0 saturated carbocycles. The monoisotopic (exact) mass is 302 g/mol. The Morgan fingerprint density at radius 1 is 1.27 bits per heavy atom. The maximum absolute atomic E-state index is 11.8. The molecule has 0 atom stereocenters. The van der Waals surface area contributed by atoms with Crippen LogP contribution in [-0.2, 0) is 16.6 Å². The van der Waals surface area contributed by atoms with Crippen LogP contribution in [0.2, 0.25) is 0 Å². The summed E-state index contributed by atoms with van der Waals surface area (Å²) in [6, 6.07) is 7.47. The molecule has 2 aromatic rings. The summed E-state index contributed by atoms with van der Waals surface area (Å²) >= 11 is 0. The van der Waals surface area contributed by atoms with Crippen molar-refractivity contribution in [3.63, 3.8) is 0 Å². The van der Waals surface area contributed by atoms with Gasteiger partial charge in [-0.25, -0.2) is 0 Å². The van der Waals surface area contributed by atoms with Crippen LogP contribution in [0, 0.1) is 6.92 Å². The van der Waals surface area contributed by atoms with Crippen molar-refractivity contribution in [3.8, 4) is 5.75 Å². The highest BCUT2D eigenvalue weighted by atomic mass is 16.5. The van der Waals surface area contributed by atoms with Gasteiger partial charge in [-0.2, -0.15) is 4.98 Å². The second-order valence-corrected chi connectivity index (χ2v) is 6.35. The highest BCUT2D eigenvalue weighted by Gasteiger charge is 2.20. The molecule has 2 rings (SSSR count). The molecule has 0 saturated heterocycles. The van der Waals surface area contributed by atoms with E-state index >= 15 is 0 Å². The van der Waals surface area contributed by atoms with Gasteiger partial charge in [0, 0.05) is 18.3 Å². The zero-order valence-corrected chi connectivity index (χ0v) is 13.5. The van der Waals surface area contributed by atoms with Crippen molar-refractivity contribution in [2.45, 2.75) is 52.4 Å². The molecular weight excluding hydrogens is 280 g/mol. The first-order valence-electron chi connectivity index (χ1n) is 7.45. The molecule has 0 aliphatic heterocycles. The molecule has 0 N–H and O–H groups in total. The quantitative estimate of drug-likeness (QED) is 0.623. The van der Waals surface area contributed by atoms with Gasteiger partial charge in [-0.1, -0.05) is 44.1 Å². The van der Waals surface area contributed by atoms with Gasteiger partial charge in [0.2, 0.25) is 5.89 Å². The number of carbonyl (C=O) groups excluding carboxylic acids is 1. The molecule has 0 unspecified atom stereocenters. The number of carbonyl (C=O) groups is 1. The number of para-hydroxylation sites is 1. The second-order valence-electron chi connectivity index (χ2n) is 6.35. The third-order valence-corrected chi connectivity index (χ3v) is 3.23. The van der Waals surface area contributed by atoms with Gasteiger partial charge in [-0.15, -0.1) is 0 Å². The van der Waals surface area contributed by atoms with E-state index in [-0.39, 0.29) is 11.4 Å². The Morgan fingerprint density at radius 3 is 2.64 bits per heavy atom. The summed E-state index contributed by atoms with van der Waals surface area (Å²) in [5.41, 5.74) is 0.813. The molecule has 1 heterocycles. The Kier molecular flexibility index (Phi) is 4.96. The first kappa shape index (κ1) is 16.2. The van der Waals surface area contributed by atoms with Crippen molar-refractivity contribution < 1.29 is 14.1 Å². The molecule has 1 aromatic heterocycles. The smallest absolute Gasteiger partial charge is 0.311 e. The van der Waals surface area contributed by atoms with Crippen molar-refractivity contribution in [2.24, 2.45) is 0 Å². The van der Waals surface area contributed by atoms with Gasteiger partial charge in [0.15, 0.2) is 5.82 Å². The third-order valence-electron chi connectivity index (χ3n) is 3.23. The van der Waals surface area contributed by atoms with Crippen LogP contribution in [0.5, 0.6) is 5.75 Å². The number of nitrogens with zero attached hydrogens (tertiary/aromatic N) is 2. The van der Waals surface area contributed by atoms with E-state index in [1.807, 2.05) is 45.9 Å². The molecule has 22 heavy (non-hydrogen) atoms. The van der Waals surface area contributed by atoms with Gasteiger partial charge in [0.25, 0.3) is 0 Å². The summed E-state index contributed by atoms with van der Waals surface area (Å²) in [4.78, 5) is 16.2. The highest BCUT2D eigenvalue weighted by molar-refractivity contribution is 5.72. The number of rotatable bonds is 5. The third kappa shape index (κ3) is 4.41. The molecule has 1 aromatic carbocycles. The van der Waals surface area contributed by atoms with Crippen molar-refractivity contribution in [3.05, 3.63) is 41.5 Å². The van der Waals surface area contributed by atoms with Gasteiger partial charge >= 0.3 is 5.97 Å². The minimum atomic E-state index is -0.245. The zero-order valence-electron chi connectivity index (χ0n) is 13.5. The Labute approximate surface area is 130 Å². The van der Waals surface area contributed by atoms with Crippen molar-refractivity contribution in [1.82, 2.24) is 10.1 Å². The lowest BCUT2D eigenvalue weighted by Crippen LogP contribution is -2.13. The zero-order chi connectivity index (χ0) is 16.2. The van der Waals surface area contributed by atoms with E-state index in [4.69, 9.17) is 9.26 Å². The van der Waals surface area contributed by atoms with E-state index in [0.717, 1.165) is 5.56 Å². The SMILES string of the molecule is Cc1ccccc1OC(=O)CCCc1nc(C(C)(C)C)no1. The number of aryl methyl sites for hydroxylation is 2. The van der Waals surface area contributed by atoms with E-state index in [1.165, 1.54) is 0 Å². The van der Waals surface area contributed by atoms with Gasteiger partial charge in [-0.3, -0.25) is 4.79 Å². The minimum Gasteiger partial charge on any atom is -0.426 e. The van der Waals surface area contributed by atoms with Crippen LogP contribution in [0.1, 0.15) is 50.9 Å². The highest BCUT2D eigenvalue weighted by Crippen LogP contribution is 2.19. The van der Waals surface area contributed by atoms with E-state index < -0.39 is 0 Å². The topological polar surface area (TPSA) is 65.2 Å². The summed E-state index contributed by atoms with van der Waals surface area (Å²) in [6.07, 6.45) is 1.52. The van der Waals surface area contributed by atoms with Gasteiger partial charge in [-0.05, 0) is 25.0 Å². The lowest BCUT2D eigenvalue weighted by molar-refractivity contribution is -0.134. The van der Waals surface area contributed by atoms with Crippen molar-refractivity contribution >= 4 is 5.97 Å². The minimum absolute atomic E-state index is 0.133. The fourth-order valence-corrected chi connectivity index (χ4v) is 1.89. The van der Waals surface area contributed by atoms with Crippen molar-refractivity contribution in [2.75, 3.05) is 0 Å². The molecule has 0 aliphatic carbocycles. The lowest BCUT2D eigenvalue weighted by atomic mass is 9.96. The van der Waals surface area contributed by atoms with Gasteiger partial charge in [0.1, 0.15) is 5.75 Å². The first-order valence-corrected chi connectivity index (χ1v) is 7.45. The van der Waals surface area contributed by atoms with Crippen LogP contribution in [0.15, 0.2) is 28.8 Å². The number of hydrogen-bond donors (Lipinski definition) is 0. The standard InChI is InChI=1S/C17H22N2O3/c1-12-8-5-6-9-13(12)21-15(20)11-7-10-14-18-16(19-22-14)17(2,3)4/h5-6,8-9H,7,10-11H2,1-4H3. The van der Waals surface area contributed by atoms with E-state index in [1.54, 1.807) is 6.07 Å². The Morgan fingerprint density at radius 2 is 2.00 bits per heavy atom. The number of esters is 1. The van der Waals surface area contributed by atoms with E-state index in [9.17, 15) is 4.79 Å². The molecule has 0 amide bonds. The summed E-state index contributed by atoms with van der Waals surface area (Å²) in [5.74, 6) is 1.61. The number of aromatic nitrogens is 2. The molecular formula is C17H22N2O3. The lowest BCUT2D eigenvalue weighted by Gasteiger charge is -2.10. The largest absolute Gasteiger partial charge is 0.426 e. The summed E-state index contributed by atoms with van der Waals surface area (Å²) in [6.45, 7) is 8.00. The predicted octanol–water partition coefficient (Wildman–Crippen LogP) is 3.60. The van der Waals surface area contributed by atoms with Crippen LogP contribution >= 0.6 is 0 Å². The normalized spacial score (nSPS) is 11.5. The van der Waals surface area contributed by atoms with E-state index in [2.05, 4.69) is 10.1 Å². The Hall–Kier alpha value is -2.17. The number of hydrogen-bond acceptors (Lipinski definition) is 5. The Bertz CT molecular complexity index is 641. The molecule has 0 radical (unpaired) electrons. The summed E-state index contributed by atoms with van der Waals surface area (Å²) in [7, 11) is 0. The van der Waals surface area contributed by atoms with Crippen LogP contribution in [-0.4, -0.2) is 16.1 Å². The van der Waals surface area contributed by atoms with Crippen LogP contribution in [0.4, 0.5) is 0 Å². The molecule has 0 spiro atoms. The predicted molar refractivity (Wildman–Crippen MR) is 82.8 cm³/mol. The van der Waals surface area contributed by atoms with Crippen LogP contribution in [0.3, 0.4) is 0 Å². The molecule has 5 nitrogen and oxygen atoms in total. The number of ether oxygens (including phenoxy) is 1. The number of benzene rings is 1. The molecule has 5 heteroatoms. The van der Waals surface area contributed by atoms with Gasteiger partial charge < -0.3 is 9.26 Å². The maximum atomic E-state index is 11.8. The van der Waals surface area contributed by atoms with Crippen LogP contribution < -0.4 is 4.74 Å². The first-order chi connectivity index (χ1) is 10.4. The molecule has 118 valence electrons.